The number of anilines is 2. The van der Waals surface area contributed by atoms with Crippen molar-refractivity contribution in [2.24, 2.45) is 4.99 Å². The summed E-state index contributed by atoms with van der Waals surface area (Å²) in [5.74, 6) is 3.83. The number of hydrogen-bond acceptors (Lipinski definition) is 20. The van der Waals surface area contributed by atoms with Gasteiger partial charge in [-0.15, -0.1) is 0 Å². The Bertz CT molecular complexity index is 2080. The summed E-state index contributed by atoms with van der Waals surface area (Å²) in [5, 5.41) is 52.1. The topological polar surface area (TPSA) is 287 Å². The Balaban J connectivity index is 0.000000872. The number of benzene rings is 5. The summed E-state index contributed by atoms with van der Waals surface area (Å²) < 4.78 is 44.7. The van der Waals surface area contributed by atoms with Crippen LogP contribution in [-0.2, 0) is 33.0 Å². The molecule has 0 spiro atoms. The van der Waals surface area contributed by atoms with E-state index in [1.54, 1.807) is 79.0 Å². The molecule has 0 amide bonds. The van der Waals surface area contributed by atoms with Crippen molar-refractivity contribution in [2.45, 2.75) is 38.5 Å². The molecule has 5 aromatic rings. The maximum atomic E-state index is 10.4. The van der Waals surface area contributed by atoms with Crippen LogP contribution in [0, 0.1) is 0 Å². The molecule has 0 aromatic heterocycles. The van der Waals surface area contributed by atoms with Gasteiger partial charge in [-0.1, -0.05) is 0 Å². The van der Waals surface area contributed by atoms with E-state index in [0.29, 0.717) is 42.6 Å². The number of hydrogen-bond donors (Lipinski definition) is 5. The predicted octanol–water partition coefficient (Wildman–Crippen LogP) is 0.787. The van der Waals surface area contributed by atoms with E-state index in [1.807, 2.05) is 36.4 Å². The fourth-order valence-corrected chi connectivity index (χ4v) is 6.47. The molecule has 67 heavy (non-hydrogen) atoms. The molecule has 0 saturated carbocycles. The first kappa shape index (κ1) is 63.4. The number of nitrogens with two attached hydrogens (primary N) is 2. The summed E-state index contributed by atoms with van der Waals surface area (Å²) >= 11 is 1.98. The summed E-state index contributed by atoms with van der Waals surface area (Å²) in [6, 6.07) is 34.0. The van der Waals surface area contributed by atoms with Gasteiger partial charge in [0.2, 0.25) is 0 Å². The zero-order valence-corrected chi connectivity index (χ0v) is 43.7. The molecule has 1 saturated heterocycles. The van der Waals surface area contributed by atoms with Crippen molar-refractivity contribution in [3.8, 4) is 28.7 Å². The molecule has 6 rings (SSSR count). The molecule has 1 fully saturated rings. The molecule has 23 heteroatoms. The van der Waals surface area contributed by atoms with Crippen molar-refractivity contribution < 1.29 is 131 Å². The van der Waals surface area contributed by atoms with Crippen LogP contribution in [-0.4, -0.2) is 73.3 Å². The summed E-state index contributed by atoms with van der Waals surface area (Å²) in [7, 11) is -3.08. The third kappa shape index (κ3) is 34.4. The normalized spacial score (nSPS) is 12.0. The minimum Gasteiger partial charge on any atom is -0.691 e. The summed E-state index contributed by atoms with van der Waals surface area (Å²) in [6.07, 6.45) is 7.60. The number of carbonyl (C=O) groups is 1. The van der Waals surface area contributed by atoms with Crippen LogP contribution in [0.4, 0.5) is 17.1 Å². The van der Waals surface area contributed by atoms with Crippen LogP contribution >= 0.6 is 24.1 Å². The van der Waals surface area contributed by atoms with Crippen LogP contribution in [0.5, 0.6) is 28.7 Å². The number of carbonyl (C=O) groups excluding carboxylic acids is 1. The number of unbranched alkanes of at least 4 members (excludes halogenated alkanes) is 2. The van der Waals surface area contributed by atoms with E-state index in [9.17, 15) is 28.8 Å². The van der Waals surface area contributed by atoms with Crippen molar-refractivity contribution in [3.05, 3.63) is 132 Å². The van der Waals surface area contributed by atoms with Gasteiger partial charge in [-0.05, 0) is 165 Å². The van der Waals surface area contributed by atoms with E-state index in [4.69, 9.17) is 31.2 Å². The van der Waals surface area contributed by atoms with Gasteiger partial charge in [0.25, 0.3) is 10.1 Å². The van der Waals surface area contributed by atoms with Crippen LogP contribution < -0.4 is 90.6 Å². The number of phenolic OH excluding ortho intramolecular Hbond substituents is 3. The molecular formula is C44H53N3Na2O15S3. The quantitative estimate of drug-likeness (QED) is 0.00730. The first-order chi connectivity index (χ1) is 31.4. The second-order valence-electron chi connectivity index (χ2n) is 13.0. The van der Waals surface area contributed by atoms with E-state index in [0.717, 1.165) is 97.3 Å². The molecule has 0 atom stereocenters. The molecule has 0 aliphatic carbocycles. The third-order valence-corrected chi connectivity index (χ3v) is 10.4. The number of nitrogens with zero attached hydrogens (tertiary/aromatic N) is 1. The van der Waals surface area contributed by atoms with Gasteiger partial charge in [0.15, 0.2) is 0 Å². The third-order valence-electron chi connectivity index (χ3n) is 7.88. The number of phenols is 3. The molecule has 1 heterocycles. The van der Waals surface area contributed by atoms with Crippen molar-refractivity contribution in [3.63, 3.8) is 0 Å². The van der Waals surface area contributed by atoms with Crippen molar-refractivity contribution in [2.75, 3.05) is 48.5 Å². The maximum absolute atomic E-state index is 10.4. The predicted molar refractivity (Wildman–Crippen MR) is 246 cm³/mol. The fourth-order valence-electron chi connectivity index (χ4n) is 4.57. The van der Waals surface area contributed by atoms with E-state index in [2.05, 4.69) is 27.9 Å². The van der Waals surface area contributed by atoms with Crippen LogP contribution in [0.3, 0.4) is 0 Å². The Kier molecular flexibility index (Phi) is 38.2. The Labute approximate surface area is 443 Å². The van der Waals surface area contributed by atoms with Crippen LogP contribution in [0.2, 0.25) is 0 Å². The zero-order chi connectivity index (χ0) is 47.4. The average Bonchev–Trinajstić information content (AvgIpc) is 3.31. The number of nitrogen functional groups attached to an aromatic ring is 2. The van der Waals surface area contributed by atoms with E-state index in [1.165, 1.54) is 12.1 Å². The van der Waals surface area contributed by atoms with Gasteiger partial charge in [0.05, 0.1) is 31.3 Å². The maximum Gasteiger partial charge on any atom is 1.00 e. The number of ether oxygens (including phenoxy) is 2. The second kappa shape index (κ2) is 40.3. The number of aldehydes is 1. The van der Waals surface area contributed by atoms with E-state index < -0.39 is 10.1 Å². The van der Waals surface area contributed by atoms with Gasteiger partial charge >= 0.3 is 59.1 Å². The van der Waals surface area contributed by atoms with Crippen LogP contribution in [0.15, 0.2) is 126 Å². The molecule has 18 nitrogen and oxygen atoms in total. The minimum absolute atomic E-state index is 0. The van der Waals surface area contributed by atoms with Crippen LogP contribution in [0.1, 0.15) is 54.4 Å². The van der Waals surface area contributed by atoms with Gasteiger partial charge in [-0.2, -0.15) is 17.1 Å². The zero-order valence-electron chi connectivity index (χ0n) is 37.3. The number of aromatic hydroxyl groups is 3. The molecule has 7 N–H and O–H groups in total. The monoisotopic (exact) mass is 1010 g/mol. The molecule has 354 valence electrons. The van der Waals surface area contributed by atoms with Gasteiger partial charge in [-0.25, -0.2) is 0 Å². The van der Waals surface area contributed by atoms with Crippen molar-refractivity contribution in [1.82, 2.24) is 0 Å². The molecule has 1 aliphatic heterocycles. The molecule has 0 bridgehead atoms. The van der Waals surface area contributed by atoms with E-state index in [-0.39, 0.29) is 82.1 Å². The largest absolute Gasteiger partial charge is 1.00 e. The second-order valence-corrected chi connectivity index (χ2v) is 16.4. The molecule has 1 aliphatic rings. The SMILES string of the molecule is Nc1ccc(O)cc1.Nc1ccc(OCCCCSOO[O-])cc1.O=Cc1ccc(O)cc1.O=S1(=O)CCCCO1.[Na+].[Na+].[O-]OOSCCCCOc1ccc(N=Cc2ccc(O)cc2)cc1. The first-order valence-corrected chi connectivity index (χ1v) is 23.2. The molecular weight excluding hydrogens is 953 g/mol. The first-order valence-electron chi connectivity index (χ1n) is 19.8. The molecule has 0 unspecified atom stereocenters. The van der Waals surface area contributed by atoms with Gasteiger partial charge in [-0.3, -0.25) is 24.0 Å². The fraction of sp³-hybridized carbons (Fsp3) is 0.273. The number of rotatable bonds is 19. The minimum atomic E-state index is -3.08. The number of aliphatic imine (C=N–C) groups is 1. The van der Waals surface area contributed by atoms with Crippen molar-refractivity contribution >= 4 is 63.8 Å². The smallest absolute Gasteiger partial charge is 0.691 e. The summed E-state index contributed by atoms with van der Waals surface area (Å²) in [4.78, 5) is 14.4. The Morgan fingerprint density at radius 1 is 0.612 bits per heavy atom. The van der Waals surface area contributed by atoms with Gasteiger partial charge < -0.3 is 46.8 Å². The van der Waals surface area contributed by atoms with Gasteiger partial charge in [0, 0.05) is 58.7 Å². The van der Waals surface area contributed by atoms with Gasteiger partial charge in [0.1, 0.15) is 35.0 Å². The average molecular weight is 1010 g/mol. The Hall–Kier alpha value is -3.59. The van der Waals surface area contributed by atoms with Crippen LogP contribution in [0.25, 0.3) is 0 Å². The summed E-state index contributed by atoms with van der Waals surface area (Å²) in [5.41, 5.74) is 14.6. The Morgan fingerprint density at radius 2 is 1.03 bits per heavy atom. The van der Waals surface area contributed by atoms with Crippen molar-refractivity contribution in [1.29, 1.82) is 0 Å². The molecule has 0 radical (unpaired) electrons. The molecule has 5 aromatic carbocycles. The summed E-state index contributed by atoms with van der Waals surface area (Å²) in [6.45, 7) is 1.60. The van der Waals surface area contributed by atoms with E-state index >= 15 is 0 Å². The standard InChI is InChI=1S/C17H19NO5S.C10H15NO4S.C7H6O2.C6H7NO.C4H8O3S.2Na/c19-16-7-3-14(4-8-16)13-18-15-5-9-17(10-6-15)21-11-1-2-12-24-23-22-20;11-9-3-5-10(6-4-9)13-7-1-2-8-16-15-14-12;8-5-6-1-3-7(9)4-2-6;7-5-1-3-6(8)4-2-5;5-8(6)4-2-1-3-7-8;;/h3-10,13,19-20H,1-2,11-12H2;3-6,12H,1-2,7-8,11H2;1-5,9H;1-4,8H,7H2;1-4H2;;/q;;;;;2*+1/p-2. The Morgan fingerprint density at radius 3 is 1.40 bits per heavy atom.